The van der Waals surface area contributed by atoms with Gasteiger partial charge >= 0.3 is 17.9 Å². The zero-order chi connectivity index (χ0) is 99.9. The van der Waals surface area contributed by atoms with Gasteiger partial charge in [-0.25, -0.2) is 14.4 Å². The Kier molecular flexibility index (Phi) is 27.8. The normalized spacial score (nSPS) is 13.6. The number of pyridine rings is 2. The summed E-state index contributed by atoms with van der Waals surface area (Å²) in [6.45, 7) is 29.2. The zero-order valence-electron chi connectivity index (χ0n) is 80.4. The van der Waals surface area contributed by atoms with E-state index >= 15 is 0 Å². The summed E-state index contributed by atoms with van der Waals surface area (Å²) in [5.74, 6) is -1.51. The molecule has 16 aromatic rings. The van der Waals surface area contributed by atoms with Gasteiger partial charge in [0, 0.05) is 165 Å². The highest BCUT2D eigenvalue weighted by Crippen LogP contribution is 2.50. The lowest BCUT2D eigenvalue weighted by atomic mass is 9.98. The molecule has 26 nitrogen and oxygen atoms in total. The van der Waals surface area contributed by atoms with Gasteiger partial charge in [0.2, 0.25) is 0 Å². The molecule has 0 saturated carbocycles. The smallest absolute Gasteiger partial charge is 0.337 e. The lowest BCUT2D eigenvalue weighted by Crippen LogP contribution is -2.42. The van der Waals surface area contributed by atoms with E-state index in [1.165, 1.54) is 30.6 Å². The van der Waals surface area contributed by atoms with Gasteiger partial charge in [-0.1, -0.05) is 93.9 Å². The Hall–Kier alpha value is -13.5. The van der Waals surface area contributed by atoms with E-state index in [0.29, 0.717) is 151 Å². The van der Waals surface area contributed by atoms with Crippen LogP contribution in [0, 0.1) is 83.1 Å². The molecule has 19 rings (SSSR count). The molecule has 720 valence electrons. The maximum Gasteiger partial charge on any atom is 0.337 e. The first-order valence-electron chi connectivity index (χ1n) is 46.1. The van der Waals surface area contributed by atoms with E-state index in [2.05, 4.69) is 40.8 Å². The number of ether oxygens (including phenoxy) is 3. The van der Waals surface area contributed by atoms with Gasteiger partial charge in [0.25, 0.3) is 17.7 Å². The Labute approximate surface area is 839 Å². The van der Waals surface area contributed by atoms with Crippen molar-refractivity contribution in [2.75, 3.05) is 54.2 Å². The van der Waals surface area contributed by atoms with E-state index in [1.807, 2.05) is 197 Å². The van der Waals surface area contributed by atoms with Crippen LogP contribution in [-0.2, 0) is 53.5 Å². The summed E-state index contributed by atoms with van der Waals surface area (Å²) in [5.41, 5.74) is 26.0. The number of aromatic nitrogens is 11. The van der Waals surface area contributed by atoms with E-state index in [4.69, 9.17) is 88.9 Å². The van der Waals surface area contributed by atoms with Crippen LogP contribution >= 0.6 is 69.6 Å². The van der Waals surface area contributed by atoms with Crippen molar-refractivity contribution < 1.29 is 58.3 Å². The molecular formula is C108H104Cl6N14O12. The number of amides is 3. The molecule has 0 unspecified atom stereocenters. The lowest BCUT2D eigenvalue weighted by molar-refractivity contribution is 0.0686. The minimum atomic E-state index is -1.10. The van der Waals surface area contributed by atoms with E-state index in [0.717, 1.165) is 183 Å². The molecule has 0 fully saturated rings. The summed E-state index contributed by atoms with van der Waals surface area (Å²) >= 11 is 40.0. The predicted octanol–water partition coefficient (Wildman–Crippen LogP) is 24.4. The predicted molar refractivity (Wildman–Crippen MR) is 553 cm³/mol. The van der Waals surface area contributed by atoms with Crippen LogP contribution in [0.4, 0.5) is 17.1 Å². The fraction of sp³-hybridized carbons (Fsp3) is 0.287. The standard InChI is InChI=1S/C39H37Cl2N5O4.C35H34Cl2N4O4.C34H33Cl2N5O4/c1-20-17-25(18-21(2)34(20)41)50-16-8-10-26-27-11-13-30(40)33(32-23(4)43-44(6)24(32)5)36(27)46-22(3)19-45(38(47)37(26)46)31-14-12-29(39(48)49)35-28(31)9-7-15-42-35;1-19-16-25(17-20(2)31(19)37)45-15-7-10-26-27-11-12-28(36)30(29-21(3)38-39(5)22(29)4)32(27)41-14-13-40(34(42)33(26)41)24-9-6-8-23(18-24)35(43)44;1-18-13-24(14-19(2)30(18)36)45-12-6-7-25-26-8-9-27(35)29(28-20(3)38-39(5)21(28)4)31(26)41-11-10-40(33(42)32(25)41)23-15-22(34(43)44)16-37-17-23/h7,9,11-15,17-18,22H,8,10,16,19H2,1-6H3,(H,48,49);6,8-9,11-12,16-18H,7,10,13-15H2,1-5H3,(H,43,44);8-9,13-17H,6-7,10-12H2,1-5H3,(H,43,44)/t22-;;/m1../s1. The quantitative estimate of drug-likeness (QED) is 0.0474. The van der Waals surface area contributed by atoms with E-state index in [9.17, 15) is 44.1 Å². The average Bonchev–Trinajstić information content (AvgIpc) is 1.57. The van der Waals surface area contributed by atoms with Crippen LogP contribution in [0.5, 0.6) is 17.2 Å². The molecule has 0 aliphatic carbocycles. The highest BCUT2D eigenvalue weighted by atomic mass is 35.5. The van der Waals surface area contributed by atoms with Gasteiger partial charge in [0.1, 0.15) is 34.3 Å². The molecule has 1 atom stereocenters. The van der Waals surface area contributed by atoms with Crippen LogP contribution in [0.15, 0.2) is 146 Å². The van der Waals surface area contributed by atoms with Gasteiger partial charge in [-0.3, -0.25) is 38.4 Å². The fourth-order valence-electron chi connectivity index (χ4n) is 20.4. The minimum Gasteiger partial charge on any atom is -0.494 e. The Morgan fingerprint density at radius 1 is 0.407 bits per heavy atom. The summed E-state index contributed by atoms with van der Waals surface area (Å²) in [6.07, 6.45) is 8.07. The monoisotopic (exact) mass is 2000 g/mol. The van der Waals surface area contributed by atoms with Crippen LogP contribution in [0.3, 0.4) is 0 Å². The summed E-state index contributed by atoms with van der Waals surface area (Å²) in [6, 6.07) is 38.0. The number of nitrogens with zero attached hydrogens (tertiary/aromatic N) is 14. The highest BCUT2D eigenvalue weighted by molar-refractivity contribution is 6.37. The molecule has 8 aromatic heterocycles. The molecule has 8 aromatic carbocycles. The summed E-state index contributed by atoms with van der Waals surface area (Å²) < 4.78 is 30.3. The number of hydrogen-bond acceptors (Lipinski definition) is 14. The Bertz CT molecular complexity index is 7470. The van der Waals surface area contributed by atoms with Crippen molar-refractivity contribution in [3.63, 3.8) is 0 Å². The maximum absolute atomic E-state index is 14.9. The van der Waals surface area contributed by atoms with Gasteiger partial charge in [0.15, 0.2) is 0 Å². The minimum absolute atomic E-state index is 0.0214. The third kappa shape index (κ3) is 18.0. The lowest BCUT2D eigenvalue weighted by Gasteiger charge is -2.35. The van der Waals surface area contributed by atoms with Crippen LogP contribution in [-0.4, -0.2) is 143 Å². The van der Waals surface area contributed by atoms with Crippen molar-refractivity contribution in [3.05, 3.63) is 294 Å². The number of carboxylic acid groups (broad SMARTS) is 3. The second-order valence-electron chi connectivity index (χ2n) is 36.2. The topological polar surface area (TPSA) is 295 Å². The number of rotatable bonds is 24. The molecule has 3 aliphatic heterocycles. The van der Waals surface area contributed by atoms with Crippen molar-refractivity contribution in [3.8, 4) is 50.6 Å². The van der Waals surface area contributed by atoms with Crippen LogP contribution in [0.25, 0.3) is 77.0 Å². The van der Waals surface area contributed by atoms with Crippen molar-refractivity contribution in [2.24, 2.45) is 21.1 Å². The largest absolute Gasteiger partial charge is 0.494 e. The zero-order valence-corrected chi connectivity index (χ0v) is 84.9. The van der Waals surface area contributed by atoms with Crippen molar-refractivity contribution in [1.82, 2.24) is 53.0 Å². The summed E-state index contributed by atoms with van der Waals surface area (Å²) in [5, 5.41) is 50.4. The molecule has 0 bridgehead atoms. The van der Waals surface area contributed by atoms with Gasteiger partial charge in [-0.2, -0.15) is 15.3 Å². The number of anilines is 3. The van der Waals surface area contributed by atoms with Crippen LogP contribution in [0.2, 0.25) is 30.1 Å². The highest BCUT2D eigenvalue weighted by Gasteiger charge is 2.41. The SMILES string of the molecule is Cc1cc(OCCCc2c3n(c4c(-c5c(C)nn(C)c5C)c(Cl)ccc24)CCN(c2cccc(C(=O)O)c2)C3=O)cc(C)c1Cl.Cc1cc(OCCCc2c3n(c4c(-c5c(C)nn(C)c5C)c(Cl)ccc24)CCN(c2cncc(C(=O)O)c2)C3=O)cc(C)c1Cl.Cc1cc(OCCCc2c3n(c4c(-c5c(C)nn(C)c5C)c(Cl)ccc24)[C@H](C)CN(c2ccc(C(=O)O)c4ncccc24)C3=O)cc(C)c1Cl. The third-order valence-electron chi connectivity index (χ3n) is 27.1. The molecule has 0 spiro atoms. The number of aromatic carboxylic acids is 3. The van der Waals surface area contributed by atoms with Gasteiger partial charge in [0.05, 0.1) is 108 Å². The number of carbonyl (C=O) groups excluding carboxylic acids is 3. The number of carboxylic acids is 3. The summed E-state index contributed by atoms with van der Waals surface area (Å²) in [4.78, 5) is 92.6. The molecule has 11 heterocycles. The number of halogens is 6. The van der Waals surface area contributed by atoms with Crippen molar-refractivity contribution in [1.29, 1.82) is 0 Å². The summed E-state index contributed by atoms with van der Waals surface area (Å²) in [7, 11) is 5.74. The first-order chi connectivity index (χ1) is 66.8. The van der Waals surface area contributed by atoms with Gasteiger partial charge in [-0.15, -0.1) is 0 Å². The van der Waals surface area contributed by atoms with E-state index < -0.39 is 17.9 Å². The van der Waals surface area contributed by atoms with Crippen LogP contribution in [0.1, 0.15) is 179 Å². The molecule has 3 amide bonds. The number of benzene rings is 8. The molecule has 0 radical (unpaired) electrons. The number of hydrogen-bond donors (Lipinski definition) is 3. The Balaban J connectivity index is 0.000000145. The maximum atomic E-state index is 14.9. The molecule has 140 heavy (non-hydrogen) atoms. The molecule has 3 aliphatic rings. The second-order valence-corrected chi connectivity index (χ2v) is 38.6. The van der Waals surface area contributed by atoms with Gasteiger partial charge < -0.3 is 57.9 Å². The second kappa shape index (κ2) is 39.7. The Morgan fingerprint density at radius 3 is 1.21 bits per heavy atom. The van der Waals surface area contributed by atoms with Crippen LogP contribution < -0.4 is 28.9 Å². The van der Waals surface area contributed by atoms with E-state index in [-0.39, 0.29) is 40.5 Å². The Morgan fingerprint density at radius 2 is 0.800 bits per heavy atom. The van der Waals surface area contributed by atoms with E-state index in [1.54, 1.807) is 51.2 Å². The number of fused-ring (bicyclic) bond motifs is 10. The third-order valence-corrected chi connectivity index (χ3v) is 29.8. The van der Waals surface area contributed by atoms with Gasteiger partial charge in [-0.05, 0) is 282 Å². The first-order valence-corrected chi connectivity index (χ1v) is 48.4. The molecule has 3 N–H and O–H groups in total. The first kappa shape index (κ1) is 98.1. The molecular weight excluding hydrogens is 1900 g/mol. The van der Waals surface area contributed by atoms with Crippen molar-refractivity contribution >= 4 is 166 Å². The average molecular weight is 2000 g/mol. The number of aryl methyl sites for hydroxylation is 15. The molecule has 32 heteroatoms. The van der Waals surface area contributed by atoms with Crippen molar-refractivity contribution in [2.45, 2.75) is 148 Å². The molecule has 0 saturated heterocycles. The fourth-order valence-corrected chi connectivity index (χ4v) is 21.5. The number of carbonyl (C=O) groups is 6.